The van der Waals surface area contributed by atoms with Crippen LogP contribution in [0, 0.1) is 11.3 Å². The third kappa shape index (κ3) is 1.78. The monoisotopic (exact) mass is 188 g/mol. The Bertz CT molecular complexity index is 353. The molecule has 0 aliphatic heterocycles. The zero-order valence-corrected chi connectivity index (χ0v) is 8.80. The molecule has 0 saturated carbocycles. The molecular weight excluding hydrogens is 172 g/mol. The van der Waals surface area contributed by atoms with Crippen LogP contribution in [0.15, 0.2) is 34.9 Å². The Morgan fingerprint density at radius 2 is 2.36 bits per heavy atom. The van der Waals surface area contributed by atoms with Crippen LogP contribution in [-0.4, -0.2) is 6.04 Å². The molecule has 1 rings (SSSR count). The summed E-state index contributed by atoms with van der Waals surface area (Å²) in [4.78, 5) is 0. The second-order valence-corrected chi connectivity index (χ2v) is 3.66. The molecule has 1 unspecified atom stereocenters. The van der Waals surface area contributed by atoms with Crippen LogP contribution in [0.2, 0.25) is 0 Å². The Balaban J connectivity index is 3.14. The summed E-state index contributed by atoms with van der Waals surface area (Å²) in [6, 6.07) is 2.32. The van der Waals surface area contributed by atoms with Gasteiger partial charge >= 0.3 is 0 Å². The standard InChI is InChI=1S/C12H16N2/c1-4-10(7-13)8(2)11-5-6-12(14)9(11)3/h4,12H,1,5-6,14H2,2-3H3/b10-8+. The number of hydrogen-bond donors (Lipinski definition) is 1. The van der Waals surface area contributed by atoms with Gasteiger partial charge in [-0.2, -0.15) is 5.26 Å². The quantitative estimate of drug-likeness (QED) is 0.534. The zero-order valence-electron chi connectivity index (χ0n) is 8.80. The highest BCUT2D eigenvalue weighted by atomic mass is 14.6. The highest BCUT2D eigenvalue weighted by molar-refractivity contribution is 5.49. The molecule has 0 bridgehead atoms. The second-order valence-electron chi connectivity index (χ2n) is 3.66. The molecule has 2 N–H and O–H groups in total. The van der Waals surface area contributed by atoms with E-state index in [0.29, 0.717) is 5.57 Å². The predicted molar refractivity (Wildman–Crippen MR) is 58.4 cm³/mol. The summed E-state index contributed by atoms with van der Waals surface area (Å²) in [5.41, 5.74) is 10.1. The minimum atomic E-state index is 0.171. The summed E-state index contributed by atoms with van der Waals surface area (Å²) >= 11 is 0. The molecular formula is C12H16N2. The van der Waals surface area contributed by atoms with Crippen molar-refractivity contribution in [3.05, 3.63) is 34.9 Å². The van der Waals surface area contributed by atoms with Gasteiger partial charge in [-0.05, 0) is 37.8 Å². The third-order valence-corrected chi connectivity index (χ3v) is 2.92. The lowest BCUT2D eigenvalue weighted by molar-refractivity contribution is 0.750. The number of nitrogens with zero attached hydrogens (tertiary/aromatic N) is 1. The van der Waals surface area contributed by atoms with Crippen molar-refractivity contribution in [2.45, 2.75) is 32.7 Å². The van der Waals surface area contributed by atoms with Gasteiger partial charge in [0.05, 0.1) is 11.6 Å². The summed E-state index contributed by atoms with van der Waals surface area (Å²) in [5.74, 6) is 0. The molecule has 0 aromatic heterocycles. The van der Waals surface area contributed by atoms with Gasteiger partial charge in [0.15, 0.2) is 0 Å². The zero-order chi connectivity index (χ0) is 10.7. The lowest BCUT2D eigenvalue weighted by atomic mass is 9.99. The van der Waals surface area contributed by atoms with Crippen LogP contribution in [-0.2, 0) is 0 Å². The molecule has 0 spiro atoms. The average Bonchev–Trinajstić information content (AvgIpc) is 2.49. The van der Waals surface area contributed by atoms with Gasteiger partial charge in [-0.25, -0.2) is 0 Å². The smallest absolute Gasteiger partial charge is 0.0994 e. The van der Waals surface area contributed by atoms with Crippen LogP contribution in [0.3, 0.4) is 0 Å². The molecule has 0 saturated heterocycles. The molecule has 0 amide bonds. The molecule has 0 aromatic carbocycles. The van der Waals surface area contributed by atoms with Crippen molar-refractivity contribution in [3.8, 4) is 6.07 Å². The second kappa shape index (κ2) is 4.26. The summed E-state index contributed by atoms with van der Waals surface area (Å²) in [7, 11) is 0. The summed E-state index contributed by atoms with van der Waals surface area (Å²) in [5, 5.41) is 8.88. The fraction of sp³-hybridized carbons (Fsp3) is 0.417. The maximum absolute atomic E-state index is 8.88. The van der Waals surface area contributed by atoms with Crippen molar-refractivity contribution >= 4 is 0 Å². The van der Waals surface area contributed by atoms with Crippen molar-refractivity contribution in [2.24, 2.45) is 5.73 Å². The van der Waals surface area contributed by atoms with Gasteiger partial charge in [0.2, 0.25) is 0 Å². The van der Waals surface area contributed by atoms with E-state index in [2.05, 4.69) is 19.6 Å². The average molecular weight is 188 g/mol. The summed E-state index contributed by atoms with van der Waals surface area (Å²) in [6.07, 6.45) is 3.59. The molecule has 14 heavy (non-hydrogen) atoms. The first kappa shape index (κ1) is 10.7. The third-order valence-electron chi connectivity index (χ3n) is 2.92. The van der Waals surface area contributed by atoms with Gasteiger partial charge in [0.1, 0.15) is 0 Å². The number of nitrogens with two attached hydrogens (primary N) is 1. The van der Waals surface area contributed by atoms with Crippen LogP contribution in [0.5, 0.6) is 0 Å². The van der Waals surface area contributed by atoms with E-state index in [1.165, 1.54) is 11.1 Å². The fourth-order valence-corrected chi connectivity index (χ4v) is 1.87. The Morgan fingerprint density at radius 1 is 1.71 bits per heavy atom. The normalized spacial score (nSPS) is 23.1. The highest BCUT2D eigenvalue weighted by Crippen LogP contribution is 2.31. The number of hydrogen-bond acceptors (Lipinski definition) is 2. The summed E-state index contributed by atoms with van der Waals surface area (Å²) < 4.78 is 0. The van der Waals surface area contributed by atoms with Crippen LogP contribution >= 0.6 is 0 Å². The van der Waals surface area contributed by atoms with Crippen LogP contribution < -0.4 is 5.73 Å². The van der Waals surface area contributed by atoms with E-state index in [1.807, 2.05) is 6.92 Å². The molecule has 74 valence electrons. The molecule has 1 aliphatic carbocycles. The van der Waals surface area contributed by atoms with Gasteiger partial charge in [-0.15, -0.1) is 0 Å². The number of rotatable bonds is 2. The van der Waals surface area contributed by atoms with E-state index in [1.54, 1.807) is 6.08 Å². The van der Waals surface area contributed by atoms with Crippen LogP contribution in [0.25, 0.3) is 0 Å². The highest BCUT2D eigenvalue weighted by Gasteiger charge is 2.20. The SMILES string of the molecule is C=C/C(C#N)=C(/C)C1=C(C)C(N)CC1. The molecule has 0 fully saturated rings. The van der Waals surface area contributed by atoms with Gasteiger partial charge in [0, 0.05) is 6.04 Å². The van der Waals surface area contributed by atoms with Crippen LogP contribution in [0.1, 0.15) is 26.7 Å². The van der Waals surface area contributed by atoms with Crippen molar-refractivity contribution < 1.29 is 0 Å². The first-order valence-electron chi connectivity index (χ1n) is 4.80. The molecule has 0 heterocycles. The lowest BCUT2D eigenvalue weighted by Crippen LogP contribution is -2.16. The molecule has 0 radical (unpaired) electrons. The topological polar surface area (TPSA) is 49.8 Å². The summed E-state index contributed by atoms with van der Waals surface area (Å²) in [6.45, 7) is 7.65. The van der Waals surface area contributed by atoms with E-state index in [9.17, 15) is 0 Å². The fourth-order valence-electron chi connectivity index (χ4n) is 1.87. The first-order valence-corrected chi connectivity index (χ1v) is 4.80. The van der Waals surface area contributed by atoms with Crippen molar-refractivity contribution in [1.29, 1.82) is 5.26 Å². The van der Waals surface area contributed by atoms with E-state index in [0.717, 1.165) is 18.4 Å². The maximum Gasteiger partial charge on any atom is 0.0994 e. The van der Waals surface area contributed by atoms with Crippen molar-refractivity contribution in [1.82, 2.24) is 0 Å². The largest absolute Gasteiger partial charge is 0.324 e. The van der Waals surface area contributed by atoms with Crippen LogP contribution in [0.4, 0.5) is 0 Å². The van der Waals surface area contributed by atoms with E-state index >= 15 is 0 Å². The Kier molecular flexibility index (Phi) is 3.27. The Labute approximate surface area is 85.4 Å². The van der Waals surface area contributed by atoms with E-state index < -0.39 is 0 Å². The molecule has 2 heteroatoms. The maximum atomic E-state index is 8.88. The molecule has 2 nitrogen and oxygen atoms in total. The van der Waals surface area contributed by atoms with E-state index in [4.69, 9.17) is 11.0 Å². The van der Waals surface area contributed by atoms with Gasteiger partial charge in [-0.3, -0.25) is 0 Å². The lowest BCUT2D eigenvalue weighted by Gasteiger charge is -2.06. The first-order chi connectivity index (χ1) is 6.61. The van der Waals surface area contributed by atoms with Crippen molar-refractivity contribution in [2.75, 3.05) is 0 Å². The minimum absolute atomic E-state index is 0.171. The molecule has 0 aromatic rings. The van der Waals surface area contributed by atoms with E-state index in [-0.39, 0.29) is 6.04 Å². The van der Waals surface area contributed by atoms with Gasteiger partial charge < -0.3 is 5.73 Å². The van der Waals surface area contributed by atoms with Gasteiger partial charge in [0.25, 0.3) is 0 Å². The number of nitriles is 1. The molecule has 1 atom stereocenters. The van der Waals surface area contributed by atoms with Crippen molar-refractivity contribution in [3.63, 3.8) is 0 Å². The Morgan fingerprint density at radius 3 is 2.71 bits per heavy atom. The Hall–Kier alpha value is -1.33. The van der Waals surface area contributed by atoms with Gasteiger partial charge in [-0.1, -0.05) is 18.2 Å². The minimum Gasteiger partial charge on any atom is -0.324 e. The predicted octanol–water partition coefficient (Wildman–Crippen LogP) is 2.45. The number of allylic oxidation sites excluding steroid dienone is 4. The molecule has 1 aliphatic rings.